The Morgan fingerprint density at radius 2 is 1.88 bits per heavy atom. The number of ether oxygens (including phenoxy) is 2. The molecule has 0 N–H and O–H groups in total. The zero-order valence-corrected chi connectivity index (χ0v) is 24.5. The molecule has 1 atom stereocenters. The van der Waals surface area contributed by atoms with Crippen LogP contribution in [0.4, 0.5) is 0 Å². The van der Waals surface area contributed by atoms with Crippen molar-refractivity contribution < 1.29 is 22.7 Å². The molecule has 1 unspecified atom stereocenters. The highest BCUT2D eigenvalue weighted by molar-refractivity contribution is 8.00. The van der Waals surface area contributed by atoms with E-state index in [2.05, 4.69) is 12.6 Å². The van der Waals surface area contributed by atoms with Crippen molar-refractivity contribution >= 4 is 27.6 Å². The van der Waals surface area contributed by atoms with Crippen LogP contribution in [0.1, 0.15) is 30.9 Å². The minimum atomic E-state index is -3.42. The van der Waals surface area contributed by atoms with Gasteiger partial charge in [0.15, 0.2) is 9.84 Å². The molecule has 1 aromatic heterocycles. The smallest absolute Gasteiger partial charge is 0.316 e. The van der Waals surface area contributed by atoms with E-state index < -0.39 is 21.9 Å². The molecular formula is C31H34N2O5S2. The molecule has 2 aromatic carbocycles. The van der Waals surface area contributed by atoms with Gasteiger partial charge in [-0.25, -0.2) is 13.4 Å². The molecule has 0 fully saturated rings. The van der Waals surface area contributed by atoms with Crippen LogP contribution in [0.3, 0.4) is 0 Å². The molecule has 0 saturated carbocycles. The molecule has 40 heavy (non-hydrogen) atoms. The minimum Gasteiger partial charge on any atom is -0.458 e. The van der Waals surface area contributed by atoms with E-state index in [-0.39, 0.29) is 30.5 Å². The van der Waals surface area contributed by atoms with Crippen molar-refractivity contribution in [2.24, 2.45) is 0 Å². The third-order valence-electron chi connectivity index (χ3n) is 5.94. The summed E-state index contributed by atoms with van der Waals surface area (Å²) in [6.45, 7) is 7.66. The predicted octanol–water partition coefficient (Wildman–Crippen LogP) is 6.02. The topological polar surface area (TPSA) is 106 Å². The van der Waals surface area contributed by atoms with E-state index in [9.17, 15) is 18.5 Å². The third-order valence-corrected chi connectivity index (χ3v) is 8.68. The number of aryl methyl sites for hydroxylation is 1. The number of aromatic nitrogens is 1. The van der Waals surface area contributed by atoms with Crippen molar-refractivity contribution in [2.45, 2.75) is 37.8 Å². The van der Waals surface area contributed by atoms with Crippen LogP contribution in [-0.4, -0.2) is 55.9 Å². The Labute approximate surface area is 241 Å². The SMILES string of the molecule is C=CCOCC(CS(=O)(=O)CCCC)OC(=O)CSc1nc(-c2ccc(C)cc2)cc(-c2ccccc2)c1C#N. The molecule has 9 heteroatoms. The number of nitriles is 1. The quantitative estimate of drug-likeness (QED) is 0.0933. The van der Waals surface area contributed by atoms with Gasteiger partial charge in [-0.15, -0.1) is 6.58 Å². The van der Waals surface area contributed by atoms with Crippen LogP contribution in [0.2, 0.25) is 0 Å². The van der Waals surface area contributed by atoms with Crippen molar-refractivity contribution in [1.29, 1.82) is 5.26 Å². The second kappa shape index (κ2) is 15.4. The molecule has 0 radical (unpaired) electrons. The monoisotopic (exact) mass is 578 g/mol. The summed E-state index contributed by atoms with van der Waals surface area (Å²) in [7, 11) is -3.42. The Morgan fingerprint density at radius 1 is 1.15 bits per heavy atom. The normalized spacial score (nSPS) is 11.9. The van der Waals surface area contributed by atoms with E-state index in [0.717, 1.165) is 34.9 Å². The Hall–Kier alpha value is -3.45. The molecule has 0 aliphatic carbocycles. The predicted molar refractivity (Wildman–Crippen MR) is 160 cm³/mol. The minimum absolute atomic E-state index is 0.0251. The first-order valence-electron chi connectivity index (χ1n) is 13.0. The Morgan fingerprint density at radius 3 is 2.52 bits per heavy atom. The number of unbranched alkanes of at least 4 members (excludes halogenated alkanes) is 1. The summed E-state index contributed by atoms with van der Waals surface area (Å²) in [6.07, 6.45) is 1.88. The van der Waals surface area contributed by atoms with E-state index in [1.807, 2.05) is 74.5 Å². The van der Waals surface area contributed by atoms with Crippen LogP contribution in [0.15, 0.2) is 78.3 Å². The molecule has 0 amide bonds. The summed E-state index contributed by atoms with van der Waals surface area (Å²) in [5, 5.41) is 10.5. The van der Waals surface area contributed by atoms with Gasteiger partial charge in [0, 0.05) is 11.1 Å². The Bertz CT molecular complexity index is 1430. The molecule has 0 bridgehead atoms. The van der Waals surface area contributed by atoms with Crippen molar-refractivity contribution in [3.8, 4) is 28.5 Å². The Kier molecular flexibility index (Phi) is 11.9. The van der Waals surface area contributed by atoms with Gasteiger partial charge in [-0.05, 0) is 25.0 Å². The number of benzene rings is 2. The molecule has 7 nitrogen and oxygen atoms in total. The number of rotatable bonds is 15. The van der Waals surface area contributed by atoms with Gasteiger partial charge in [-0.3, -0.25) is 4.79 Å². The highest BCUT2D eigenvalue weighted by Crippen LogP contribution is 2.34. The molecular weight excluding hydrogens is 544 g/mol. The zero-order valence-electron chi connectivity index (χ0n) is 22.8. The molecule has 0 spiro atoms. The number of carbonyl (C=O) groups excluding carboxylic acids is 1. The van der Waals surface area contributed by atoms with Gasteiger partial charge in [0.05, 0.1) is 41.7 Å². The number of esters is 1. The van der Waals surface area contributed by atoms with Crippen LogP contribution in [0.25, 0.3) is 22.4 Å². The molecule has 0 aliphatic heterocycles. The van der Waals surface area contributed by atoms with Crippen molar-refractivity contribution in [1.82, 2.24) is 4.98 Å². The van der Waals surface area contributed by atoms with Gasteiger partial charge in [0.25, 0.3) is 0 Å². The maximum absolute atomic E-state index is 12.9. The summed E-state index contributed by atoms with van der Waals surface area (Å²) >= 11 is 1.09. The second-order valence-corrected chi connectivity index (χ2v) is 12.5. The number of hydrogen-bond acceptors (Lipinski definition) is 8. The maximum atomic E-state index is 12.9. The molecule has 3 rings (SSSR count). The van der Waals surface area contributed by atoms with Crippen molar-refractivity contribution in [3.63, 3.8) is 0 Å². The number of pyridine rings is 1. The molecule has 210 valence electrons. The van der Waals surface area contributed by atoms with E-state index in [1.165, 1.54) is 0 Å². The zero-order chi connectivity index (χ0) is 29.0. The van der Waals surface area contributed by atoms with Crippen LogP contribution in [-0.2, 0) is 24.1 Å². The first-order valence-corrected chi connectivity index (χ1v) is 15.9. The molecule has 0 aliphatic rings. The average Bonchev–Trinajstić information content (AvgIpc) is 2.95. The lowest BCUT2D eigenvalue weighted by atomic mass is 9.99. The number of hydrogen-bond donors (Lipinski definition) is 0. The fourth-order valence-electron chi connectivity index (χ4n) is 3.93. The lowest BCUT2D eigenvalue weighted by Gasteiger charge is -2.18. The van der Waals surface area contributed by atoms with Crippen LogP contribution >= 0.6 is 11.8 Å². The third kappa shape index (κ3) is 9.33. The fraction of sp³-hybridized carbons (Fsp3) is 0.323. The van der Waals surface area contributed by atoms with E-state index in [4.69, 9.17) is 14.5 Å². The molecule has 0 saturated heterocycles. The number of sulfone groups is 1. The summed E-state index contributed by atoms with van der Waals surface area (Å²) < 4.78 is 36.0. The van der Waals surface area contributed by atoms with Gasteiger partial charge in [0.1, 0.15) is 17.2 Å². The van der Waals surface area contributed by atoms with Gasteiger partial charge < -0.3 is 9.47 Å². The summed E-state index contributed by atoms with van der Waals surface area (Å²) in [5.74, 6) is -1.06. The summed E-state index contributed by atoms with van der Waals surface area (Å²) in [5.41, 5.74) is 4.59. The van der Waals surface area contributed by atoms with E-state index in [0.29, 0.717) is 28.3 Å². The van der Waals surface area contributed by atoms with Gasteiger partial charge in [-0.1, -0.05) is 91.3 Å². The van der Waals surface area contributed by atoms with Crippen molar-refractivity contribution in [3.05, 3.63) is 84.4 Å². The first-order chi connectivity index (χ1) is 19.3. The first kappa shape index (κ1) is 31.1. The highest BCUT2D eigenvalue weighted by atomic mass is 32.2. The second-order valence-electron chi connectivity index (χ2n) is 9.27. The lowest BCUT2D eigenvalue weighted by Crippen LogP contribution is -2.33. The number of thioether (sulfide) groups is 1. The van der Waals surface area contributed by atoms with E-state index >= 15 is 0 Å². The average molecular weight is 579 g/mol. The van der Waals surface area contributed by atoms with E-state index in [1.54, 1.807) is 6.08 Å². The molecule has 1 heterocycles. The number of carbonyl (C=O) groups is 1. The van der Waals surface area contributed by atoms with Crippen LogP contribution in [0.5, 0.6) is 0 Å². The number of nitrogens with zero attached hydrogens (tertiary/aromatic N) is 2. The van der Waals surface area contributed by atoms with Gasteiger partial charge >= 0.3 is 5.97 Å². The van der Waals surface area contributed by atoms with Crippen LogP contribution < -0.4 is 0 Å². The van der Waals surface area contributed by atoms with Gasteiger partial charge in [-0.2, -0.15) is 5.26 Å². The standard InChI is InChI=1S/C31H34N2O5S2/c1-4-6-17-40(35,36)22-26(20-37-16-5-2)38-30(34)21-39-31-28(19-32)27(24-10-8-7-9-11-24)18-29(33-31)25-14-12-23(3)13-15-25/h5,7-15,18,26H,2,4,6,16-17,20-22H2,1,3H3. The summed E-state index contributed by atoms with van der Waals surface area (Å²) in [4.78, 5) is 17.6. The lowest BCUT2D eigenvalue weighted by molar-refractivity contribution is -0.147. The highest BCUT2D eigenvalue weighted by Gasteiger charge is 2.24. The Balaban J connectivity index is 1.86. The fourth-order valence-corrected chi connectivity index (χ4v) is 6.34. The largest absolute Gasteiger partial charge is 0.458 e. The van der Waals surface area contributed by atoms with Gasteiger partial charge in [0.2, 0.25) is 0 Å². The molecule has 3 aromatic rings. The summed E-state index contributed by atoms with van der Waals surface area (Å²) in [6, 6.07) is 21.6. The van der Waals surface area contributed by atoms with Crippen molar-refractivity contribution in [2.75, 3.05) is 30.5 Å². The van der Waals surface area contributed by atoms with Crippen LogP contribution in [0, 0.1) is 18.3 Å². The maximum Gasteiger partial charge on any atom is 0.316 e.